The summed E-state index contributed by atoms with van der Waals surface area (Å²) in [7, 11) is 0. The second kappa shape index (κ2) is 43.4. The van der Waals surface area contributed by atoms with Crippen LogP contribution in [0, 0.1) is 0 Å². The Bertz CT molecular complexity index is 930. The summed E-state index contributed by atoms with van der Waals surface area (Å²) in [6.07, 6.45) is 45.6. The molecule has 0 saturated carbocycles. The van der Waals surface area contributed by atoms with Crippen molar-refractivity contribution >= 4 is 23.8 Å². The first-order chi connectivity index (χ1) is 27.8. The SMILES string of the molecule is CCCCCCCCCCCCCCCCCCC(=O)OC(CCCCCCCCCCCCCCC)CCCCCCCC(=O)NCC(=O)NC(CO)C(=O)O. The van der Waals surface area contributed by atoms with E-state index in [0.717, 1.165) is 57.8 Å². The molecule has 9 heteroatoms. The van der Waals surface area contributed by atoms with Crippen molar-refractivity contribution in [1.29, 1.82) is 0 Å². The molecule has 2 atom stereocenters. The second-order valence-electron chi connectivity index (χ2n) is 16.9. The van der Waals surface area contributed by atoms with Crippen LogP contribution in [-0.4, -0.2) is 59.3 Å². The Hall–Kier alpha value is -2.16. The number of ether oxygens (including phenoxy) is 1. The lowest BCUT2D eigenvalue weighted by molar-refractivity contribution is -0.150. The summed E-state index contributed by atoms with van der Waals surface area (Å²) in [5, 5.41) is 22.6. The number of aliphatic carboxylic acids is 1. The molecule has 0 aromatic heterocycles. The van der Waals surface area contributed by atoms with Gasteiger partial charge in [-0.05, 0) is 38.5 Å². The van der Waals surface area contributed by atoms with Crippen LogP contribution in [0.4, 0.5) is 0 Å². The van der Waals surface area contributed by atoms with Gasteiger partial charge in [-0.25, -0.2) is 4.79 Å². The fraction of sp³-hybridized carbons (Fsp3) is 0.917. The molecular weight excluding hydrogens is 717 g/mol. The Balaban J connectivity index is 4.25. The Kier molecular flexibility index (Phi) is 41.8. The lowest BCUT2D eigenvalue weighted by Gasteiger charge is -2.18. The molecule has 0 saturated heterocycles. The van der Waals surface area contributed by atoms with E-state index in [1.807, 2.05) is 0 Å². The third kappa shape index (κ3) is 40.4. The molecule has 0 aliphatic carbocycles. The number of hydrogen-bond donors (Lipinski definition) is 4. The minimum atomic E-state index is -1.38. The van der Waals surface area contributed by atoms with Gasteiger partial charge in [-0.3, -0.25) is 14.4 Å². The molecule has 4 N–H and O–H groups in total. The van der Waals surface area contributed by atoms with Crippen LogP contribution in [0.3, 0.4) is 0 Å². The molecule has 2 amide bonds. The van der Waals surface area contributed by atoms with Gasteiger partial charge in [0.05, 0.1) is 13.2 Å². The number of nitrogens with one attached hydrogen (secondary N) is 2. The van der Waals surface area contributed by atoms with E-state index >= 15 is 0 Å². The number of hydrogen-bond acceptors (Lipinski definition) is 6. The fourth-order valence-corrected chi connectivity index (χ4v) is 7.60. The predicted octanol–water partition coefficient (Wildman–Crippen LogP) is 12.4. The maximum Gasteiger partial charge on any atom is 0.328 e. The van der Waals surface area contributed by atoms with Crippen LogP contribution in [-0.2, 0) is 23.9 Å². The number of aliphatic hydroxyl groups is 1. The van der Waals surface area contributed by atoms with Crippen molar-refractivity contribution < 1.29 is 34.1 Å². The van der Waals surface area contributed by atoms with Crippen LogP contribution in [0.15, 0.2) is 0 Å². The quantitative estimate of drug-likeness (QED) is 0.0354. The number of esters is 1. The van der Waals surface area contributed by atoms with Gasteiger partial charge in [0, 0.05) is 12.8 Å². The zero-order chi connectivity index (χ0) is 41.9. The zero-order valence-electron chi connectivity index (χ0n) is 37.4. The van der Waals surface area contributed by atoms with Crippen molar-refractivity contribution in [3.63, 3.8) is 0 Å². The number of carbonyl (C=O) groups is 4. The van der Waals surface area contributed by atoms with Gasteiger partial charge >= 0.3 is 11.9 Å². The van der Waals surface area contributed by atoms with Crippen LogP contribution in [0.2, 0.25) is 0 Å². The topological polar surface area (TPSA) is 142 Å². The molecule has 0 bridgehead atoms. The van der Waals surface area contributed by atoms with E-state index in [-0.39, 0.29) is 24.5 Å². The lowest BCUT2D eigenvalue weighted by Crippen LogP contribution is -2.47. The number of aliphatic hydroxyl groups excluding tert-OH is 1. The van der Waals surface area contributed by atoms with Gasteiger partial charge < -0.3 is 25.6 Å². The molecule has 0 aliphatic rings. The highest BCUT2D eigenvalue weighted by molar-refractivity contribution is 5.87. The van der Waals surface area contributed by atoms with Crippen molar-refractivity contribution in [1.82, 2.24) is 10.6 Å². The molecule has 0 aromatic carbocycles. The van der Waals surface area contributed by atoms with Gasteiger partial charge in [-0.2, -0.15) is 0 Å². The molecular formula is C48H92N2O7. The third-order valence-electron chi connectivity index (χ3n) is 11.4. The largest absolute Gasteiger partial charge is 0.480 e. The predicted molar refractivity (Wildman–Crippen MR) is 236 cm³/mol. The Morgan fingerprint density at radius 2 is 0.789 bits per heavy atom. The molecule has 0 fully saturated rings. The molecule has 0 aliphatic heterocycles. The highest BCUT2D eigenvalue weighted by Gasteiger charge is 2.19. The maximum absolute atomic E-state index is 12.8. The summed E-state index contributed by atoms with van der Waals surface area (Å²) in [6.45, 7) is 3.52. The molecule has 336 valence electrons. The Labute approximate surface area is 350 Å². The summed E-state index contributed by atoms with van der Waals surface area (Å²) >= 11 is 0. The first kappa shape index (κ1) is 54.8. The minimum Gasteiger partial charge on any atom is -0.480 e. The second-order valence-corrected chi connectivity index (χ2v) is 16.9. The van der Waals surface area contributed by atoms with E-state index in [1.165, 1.54) is 167 Å². The number of rotatable bonds is 45. The highest BCUT2D eigenvalue weighted by atomic mass is 16.5. The van der Waals surface area contributed by atoms with Crippen LogP contribution in [0.25, 0.3) is 0 Å². The highest BCUT2D eigenvalue weighted by Crippen LogP contribution is 2.20. The summed E-state index contributed by atoms with van der Waals surface area (Å²) in [5.74, 6) is -2.26. The van der Waals surface area contributed by atoms with E-state index in [0.29, 0.717) is 19.3 Å². The molecule has 0 radical (unpaired) electrons. The number of unbranched alkanes of at least 4 members (excludes halogenated alkanes) is 31. The summed E-state index contributed by atoms with van der Waals surface area (Å²) in [5.41, 5.74) is 0. The van der Waals surface area contributed by atoms with Crippen molar-refractivity contribution in [2.45, 2.75) is 270 Å². The molecule has 57 heavy (non-hydrogen) atoms. The average Bonchev–Trinajstić information content (AvgIpc) is 3.20. The van der Waals surface area contributed by atoms with Crippen molar-refractivity contribution in [3.8, 4) is 0 Å². The molecule has 2 unspecified atom stereocenters. The Morgan fingerprint density at radius 1 is 0.456 bits per heavy atom. The van der Waals surface area contributed by atoms with Crippen molar-refractivity contribution in [3.05, 3.63) is 0 Å². The summed E-state index contributed by atoms with van der Waals surface area (Å²) < 4.78 is 6.06. The molecule has 0 heterocycles. The molecule has 0 spiro atoms. The Morgan fingerprint density at radius 3 is 1.14 bits per heavy atom. The summed E-state index contributed by atoms with van der Waals surface area (Å²) in [4.78, 5) is 47.7. The number of carboxylic acids is 1. The standard InChI is InChI=1S/C48H92N2O7/c1-3-5-7-9-11-13-15-17-18-19-21-23-25-27-32-36-40-47(54)57-43(37-33-29-26-24-22-20-16-14-12-10-8-6-4-2)38-34-30-28-31-35-39-45(52)49-41-46(53)50-44(42-51)48(55)56/h43-44,51H,3-42H2,1-2H3,(H,49,52)(H,50,53)(H,55,56). The fourth-order valence-electron chi connectivity index (χ4n) is 7.60. The van der Waals surface area contributed by atoms with E-state index in [2.05, 4.69) is 24.5 Å². The van der Waals surface area contributed by atoms with Crippen molar-refractivity contribution in [2.24, 2.45) is 0 Å². The number of amides is 2. The first-order valence-corrected chi connectivity index (χ1v) is 24.4. The van der Waals surface area contributed by atoms with Crippen LogP contribution >= 0.6 is 0 Å². The van der Waals surface area contributed by atoms with Crippen LogP contribution in [0.5, 0.6) is 0 Å². The average molecular weight is 809 g/mol. The normalized spacial score (nSPS) is 12.3. The van der Waals surface area contributed by atoms with Gasteiger partial charge in [0.15, 0.2) is 0 Å². The van der Waals surface area contributed by atoms with Gasteiger partial charge in [0.1, 0.15) is 12.1 Å². The smallest absolute Gasteiger partial charge is 0.328 e. The van der Waals surface area contributed by atoms with Gasteiger partial charge in [0.2, 0.25) is 11.8 Å². The van der Waals surface area contributed by atoms with Gasteiger partial charge in [-0.15, -0.1) is 0 Å². The number of carbonyl (C=O) groups excluding carboxylic acids is 3. The molecule has 0 aromatic rings. The molecule has 0 rings (SSSR count). The monoisotopic (exact) mass is 809 g/mol. The zero-order valence-corrected chi connectivity index (χ0v) is 37.4. The van der Waals surface area contributed by atoms with Gasteiger partial charge in [0.25, 0.3) is 0 Å². The van der Waals surface area contributed by atoms with Crippen LogP contribution in [0.1, 0.15) is 258 Å². The molecule has 9 nitrogen and oxygen atoms in total. The van der Waals surface area contributed by atoms with Gasteiger partial charge in [-0.1, -0.05) is 206 Å². The van der Waals surface area contributed by atoms with E-state index in [9.17, 15) is 19.2 Å². The van der Waals surface area contributed by atoms with Crippen molar-refractivity contribution in [2.75, 3.05) is 13.2 Å². The van der Waals surface area contributed by atoms with E-state index < -0.39 is 24.5 Å². The van der Waals surface area contributed by atoms with Crippen LogP contribution < -0.4 is 10.6 Å². The summed E-state index contributed by atoms with van der Waals surface area (Å²) in [6, 6.07) is -1.38. The maximum atomic E-state index is 12.8. The first-order valence-electron chi connectivity index (χ1n) is 24.4. The lowest BCUT2D eigenvalue weighted by atomic mass is 10.0. The minimum absolute atomic E-state index is 0.00486. The van der Waals surface area contributed by atoms with E-state index in [1.54, 1.807) is 0 Å². The number of carboxylic acid groups (broad SMARTS) is 1. The third-order valence-corrected chi connectivity index (χ3v) is 11.4. The van der Waals surface area contributed by atoms with E-state index in [4.69, 9.17) is 14.9 Å².